The Balaban J connectivity index is 2.47. The molecule has 0 amide bonds. The second kappa shape index (κ2) is 2.73. The molecular weight excluding hydrogens is 152 g/mol. The average Bonchev–Trinajstić information content (AvgIpc) is 2.49. The summed E-state index contributed by atoms with van der Waals surface area (Å²) in [6.07, 6.45) is 6.00. The normalized spacial score (nSPS) is 21.9. The number of aromatic nitrogens is 2. The van der Waals surface area contributed by atoms with Gasteiger partial charge in [0.1, 0.15) is 5.69 Å². The summed E-state index contributed by atoms with van der Waals surface area (Å²) in [7, 11) is 0. The van der Waals surface area contributed by atoms with Crippen LogP contribution in [0.3, 0.4) is 0 Å². The van der Waals surface area contributed by atoms with E-state index in [-0.39, 0.29) is 0 Å². The van der Waals surface area contributed by atoms with Crippen molar-refractivity contribution >= 4 is 6.29 Å². The van der Waals surface area contributed by atoms with E-state index in [0.717, 1.165) is 18.4 Å². The summed E-state index contributed by atoms with van der Waals surface area (Å²) >= 11 is 0. The largest absolute Gasteiger partial charge is 0.331 e. The molecule has 1 unspecified atom stereocenters. The van der Waals surface area contributed by atoms with Crippen LogP contribution in [0.15, 0.2) is 6.33 Å². The van der Waals surface area contributed by atoms with Crippen LogP contribution in [0.5, 0.6) is 0 Å². The van der Waals surface area contributed by atoms with Crippen LogP contribution in [0, 0.1) is 0 Å². The Morgan fingerprint density at radius 3 is 3.33 bits per heavy atom. The van der Waals surface area contributed by atoms with Gasteiger partial charge in [0.05, 0.1) is 6.33 Å². The van der Waals surface area contributed by atoms with Gasteiger partial charge >= 0.3 is 0 Å². The highest BCUT2D eigenvalue weighted by atomic mass is 16.1. The SMILES string of the molecule is CC1CCCc2c(C=O)ncn21. The average molecular weight is 164 g/mol. The molecule has 0 aliphatic carbocycles. The maximum Gasteiger partial charge on any atom is 0.170 e. The first-order chi connectivity index (χ1) is 5.83. The highest BCUT2D eigenvalue weighted by Crippen LogP contribution is 2.25. The fourth-order valence-electron chi connectivity index (χ4n) is 1.84. The van der Waals surface area contributed by atoms with Crippen molar-refractivity contribution in [3.63, 3.8) is 0 Å². The lowest BCUT2D eigenvalue weighted by Crippen LogP contribution is -2.14. The number of hydrogen-bond donors (Lipinski definition) is 0. The fraction of sp³-hybridized carbons (Fsp3) is 0.556. The van der Waals surface area contributed by atoms with E-state index in [1.165, 1.54) is 12.8 Å². The summed E-state index contributed by atoms with van der Waals surface area (Å²) in [5.41, 5.74) is 1.74. The van der Waals surface area contributed by atoms with Gasteiger partial charge < -0.3 is 4.57 Å². The summed E-state index contributed by atoms with van der Waals surface area (Å²) in [6.45, 7) is 2.17. The minimum absolute atomic E-state index is 0.509. The second-order valence-corrected chi connectivity index (χ2v) is 3.34. The highest BCUT2D eigenvalue weighted by molar-refractivity contribution is 5.73. The van der Waals surface area contributed by atoms with Crippen molar-refractivity contribution in [1.82, 2.24) is 9.55 Å². The van der Waals surface area contributed by atoms with E-state index in [1.807, 2.05) is 0 Å². The van der Waals surface area contributed by atoms with Gasteiger partial charge in [0.15, 0.2) is 6.29 Å². The zero-order valence-electron chi connectivity index (χ0n) is 7.16. The van der Waals surface area contributed by atoms with E-state index in [2.05, 4.69) is 16.5 Å². The standard InChI is InChI=1S/C9H12N2O/c1-7-3-2-4-9-8(5-12)10-6-11(7)9/h5-7H,2-4H2,1H3. The molecule has 3 nitrogen and oxygen atoms in total. The number of rotatable bonds is 1. The molecule has 0 radical (unpaired) electrons. The quantitative estimate of drug-likeness (QED) is 0.591. The van der Waals surface area contributed by atoms with Crippen LogP contribution in [0.1, 0.15) is 42.0 Å². The molecule has 1 aliphatic heterocycles. The Labute approximate surface area is 71.4 Å². The molecule has 12 heavy (non-hydrogen) atoms. The Kier molecular flexibility index (Phi) is 1.71. The number of hydrogen-bond acceptors (Lipinski definition) is 2. The molecule has 0 spiro atoms. The zero-order valence-corrected chi connectivity index (χ0v) is 7.16. The van der Waals surface area contributed by atoms with Gasteiger partial charge in [-0.3, -0.25) is 4.79 Å². The van der Waals surface area contributed by atoms with E-state index in [1.54, 1.807) is 6.33 Å². The van der Waals surface area contributed by atoms with Crippen molar-refractivity contribution < 1.29 is 4.79 Å². The first kappa shape index (κ1) is 7.53. The van der Waals surface area contributed by atoms with Gasteiger partial charge in [-0.2, -0.15) is 0 Å². The third kappa shape index (κ3) is 0.967. The summed E-state index contributed by atoms with van der Waals surface area (Å²) < 4.78 is 2.12. The van der Waals surface area contributed by atoms with Crippen molar-refractivity contribution in [2.24, 2.45) is 0 Å². The maximum atomic E-state index is 10.6. The zero-order chi connectivity index (χ0) is 8.55. The number of carbonyl (C=O) groups is 1. The Hall–Kier alpha value is -1.12. The molecule has 0 bridgehead atoms. The lowest BCUT2D eigenvalue weighted by atomic mass is 10.0. The Bertz CT molecular complexity index is 303. The van der Waals surface area contributed by atoms with Crippen LogP contribution in [0.4, 0.5) is 0 Å². The van der Waals surface area contributed by atoms with Crippen LogP contribution < -0.4 is 0 Å². The first-order valence-electron chi connectivity index (χ1n) is 4.34. The van der Waals surface area contributed by atoms with Gasteiger partial charge in [0.2, 0.25) is 0 Å². The fourth-order valence-corrected chi connectivity index (χ4v) is 1.84. The monoisotopic (exact) mass is 164 g/mol. The molecule has 1 aromatic heterocycles. The molecule has 0 saturated carbocycles. The molecule has 2 rings (SSSR count). The van der Waals surface area contributed by atoms with Crippen molar-refractivity contribution in [2.75, 3.05) is 0 Å². The van der Waals surface area contributed by atoms with Gasteiger partial charge in [-0.1, -0.05) is 0 Å². The van der Waals surface area contributed by atoms with E-state index >= 15 is 0 Å². The molecular formula is C9H12N2O. The van der Waals surface area contributed by atoms with Crippen LogP contribution in [-0.4, -0.2) is 15.8 Å². The third-order valence-corrected chi connectivity index (χ3v) is 2.55. The first-order valence-corrected chi connectivity index (χ1v) is 4.34. The van der Waals surface area contributed by atoms with Crippen LogP contribution in [-0.2, 0) is 6.42 Å². The Morgan fingerprint density at radius 1 is 1.75 bits per heavy atom. The molecule has 0 fully saturated rings. The Morgan fingerprint density at radius 2 is 2.58 bits per heavy atom. The number of aldehydes is 1. The molecule has 3 heteroatoms. The van der Waals surface area contributed by atoms with Crippen molar-refractivity contribution in [1.29, 1.82) is 0 Å². The number of carbonyl (C=O) groups excluding carboxylic acids is 1. The molecule has 0 aromatic carbocycles. The minimum Gasteiger partial charge on any atom is -0.331 e. The van der Waals surface area contributed by atoms with E-state index in [9.17, 15) is 4.79 Å². The number of imidazole rings is 1. The predicted molar refractivity (Wildman–Crippen MR) is 45.3 cm³/mol. The summed E-state index contributed by atoms with van der Waals surface area (Å²) in [4.78, 5) is 14.6. The van der Waals surface area contributed by atoms with Crippen LogP contribution >= 0.6 is 0 Å². The van der Waals surface area contributed by atoms with Crippen molar-refractivity contribution in [2.45, 2.75) is 32.2 Å². The molecule has 64 valence electrons. The lowest BCUT2D eigenvalue weighted by molar-refractivity contribution is 0.111. The van der Waals surface area contributed by atoms with Crippen LogP contribution in [0.2, 0.25) is 0 Å². The maximum absolute atomic E-state index is 10.6. The van der Waals surface area contributed by atoms with Crippen LogP contribution in [0.25, 0.3) is 0 Å². The van der Waals surface area contributed by atoms with E-state index < -0.39 is 0 Å². The van der Waals surface area contributed by atoms with E-state index in [4.69, 9.17) is 0 Å². The molecule has 2 heterocycles. The molecule has 0 N–H and O–H groups in total. The summed E-state index contributed by atoms with van der Waals surface area (Å²) in [5.74, 6) is 0. The third-order valence-electron chi connectivity index (χ3n) is 2.55. The van der Waals surface area contributed by atoms with Gasteiger partial charge in [0.25, 0.3) is 0 Å². The van der Waals surface area contributed by atoms with Gasteiger partial charge in [0, 0.05) is 11.7 Å². The van der Waals surface area contributed by atoms with Gasteiger partial charge in [-0.15, -0.1) is 0 Å². The van der Waals surface area contributed by atoms with Gasteiger partial charge in [-0.05, 0) is 26.2 Å². The van der Waals surface area contributed by atoms with Crippen molar-refractivity contribution in [3.05, 3.63) is 17.7 Å². The summed E-state index contributed by atoms with van der Waals surface area (Å²) in [6, 6.07) is 0.509. The predicted octanol–water partition coefficient (Wildman–Crippen LogP) is 1.59. The topological polar surface area (TPSA) is 34.9 Å². The molecule has 1 aliphatic rings. The van der Waals surface area contributed by atoms with Crippen molar-refractivity contribution in [3.8, 4) is 0 Å². The number of fused-ring (bicyclic) bond motifs is 1. The molecule has 1 atom stereocenters. The number of nitrogens with zero attached hydrogens (tertiary/aromatic N) is 2. The second-order valence-electron chi connectivity index (χ2n) is 3.34. The lowest BCUT2D eigenvalue weighted by Gasteiger charge is -2.21. The van der Waals surface area contributed by atoms with Gasteiger partial charge in [-0.25, -0.2) is 4.98 Å². The highest BCUT2D eigenvalue weighted by Gasteiger charge is 2.18. The minimum atomic E-state index is 0.509. The molecule has 1 aromatic rings. The van der Waals surface area contributed by atoms with E-state index in [0.29, 0.717) is 11.7 Å². The smallest absolute Gasteiger partial charge is 0.170 e. The molecule has 0 saturated heterocycles. The summed E-state index contributed by atoms with van der Waals surface area (Å²) in [5, 5.41) is 0.